The van der Waals surface area contributed by atoms with E-state index in [0.717, 1.165) is 0 Å². The Morgan fingerprint density at radius 3 is 2.55 bits per heavy atom. The van der Waals surface area contributed by atoms with Crippen LogP contribution in [0.3, 0.4) is 0 Å². The fourth-order valence-electron chi connectivity index (χ4n) is 2.70. The van der Waals surface area contributed by atoms with Crippen molar-refractivity contribution in [3.63, 3.8) is 0 Å². The number of esters is 1. The number of carbonyl (C=O) groups excluding carboxylic acids is 2. The zero-order valence-electron chi connectivity index (χ0n) is 15.3. The van der Waals surface area contributed by atoms with E-state index in [2.05, 4.69) is 5.32 Å². The van der Waals surface area contributed by atoms with Crippen LogP contribution in [-0.2, 0) is 24.3 Å². The fourth-order valence-corrected chi connectivity index (χ4v) is 4.37. The summed E-state index contributed by atoms with van der Waals surface area (Å²) in [4.78, 5) is 24.2. The Bertz CT molecular complexity index is 1010. The van der Waals surface area contributed by atoms with Crippen LogP contribution in [0.1, 0.15) is 10.4 Å². The second-order valence-electron chi connectivity index (χ2n) is 6.15. The number of ether oxygens (including phenoxy) is 2. The fraction of sp³-hybridized carbons (Fsp3) is 0.263. The molecular formula is C19H19ClN2O6S. The summed E-state index contributed by atoms with van der Waals surface area (Å²) in [6.07, 6.45) is 0. The summed E-state index contributed by atoms with van der Waals surface area (Å²) in [7, 11) is -3.68. The number of morpholine rings is 1. The van der Waals surface area contributed by atoms with E-state index in [0.29, 0.717) is 13.2 Å². The first-order valence-electron chi connectivity index (χ1n) is 8.77. The van der Waals surface area contributed by atoms with E-state index < -0.39 is 28.5 Å². The smallest absolute Gasteiger partial charge is 0.340 e. The lowest BCUT2D eigenvalue weighted by molar-refractivity contribution is -0.119. The maximum atomic E-state index is 12.7. The molecule has 1 heterocycles. The molecule has 0 spiro atoms. The zero-order chi connectivity index (χ0) is 20.9. The second-order valence-corrected chi connectivity index (χ2v) is 8.49. The third-order valence-electron chi connectivity index (χ3n) is 4.15. The minimum atomic E-state index is -3.68. The van der Waals surface area contributed by atoms with Crippen molar-refractivity contribution < 1.29 is 27.5 Å². The summed E-state index contributed by atoms with van der Waals surface area (Å²) in [5, 5.41) is 2.74. The number of anilines is 1. The van der Waals surface area contributed by atoms with E-state index >= 15 is 0 Å². The van der Waals surface area contributed by atoms with Crippen LogP contribution < -0.4 is 5.32 Å². The van der Waals surface area contributed by atoms with E-state index in [1.165, 1.54) is 28.6 Å². The standard InChI is InChI=1S/C19H19ClN2O6S/c20-17-7-2-1-6-16(17)19(24)28-13-18(23)21-14-4-3-5-15(12-14)29(25,26)22-8-10-27-11-9-22/h1-7,12H,8-11,13H2,(H,21,23). The van der Waals surface area contributed by atoms with Gasteiger partial charge in [-0.05, 0) is 30.3 Å². The molecule has 1 N–H and O–H groups in total. The van der Waals surface area contributed by atoms with Gasteiger partial charge < -0.3 is 14.8 Å². The van der Waals surface area contributed by atoms with E-state index in [1.54, 1.807) is 24.3 Å². The average molecular weight is 439 g/mol. The van der Waals surface area contributed by atoms with Crippen LogP contribution >= 0.6 is 11.6 Å². The SMILES string of the molecule is O=C(COC(=O)c1ccccc1Cl)Nc1cccc(S(=O)(=O)N2CCOCC2)c1. The van der Waals surface area contributed by atoms with Crippen molar-refractivity contribution in [3.8, 4) is 0 Å². The molecule has 154 valence electrons. The minimum Gasteiger partial charge on any atom is -0.452 e. The lowest BCUT2D eigenvalue weighted by Gasteiger charge is -2.26. The van der Waals surface area contributed by atoms with Crippen LogP contribution in [0.4, 0.5) is 5.69 Å². The van der Waals surface area contributed by atoms with Gasteiger partial charge in [0.05, 0.1) is 28.7 Å². The van der Waals surface area contributed by atoms with E-state index in [-0.39, 0.29) is 34.3 Å². The third kappa shape index (κ3) is 5.33. The predicted molar refractivity (Wildman–Crippen MR) is 106 cm³/mol. The molecule has 10 heteroatoms. The highest BCUT2D eigenvalue weighted by molar-refractivity contribution is 7.89. The summed E-state index contributed by atoms with van der Waals surface area (Å²) in [6, 6.07) is 12.2. The molecule has 2 aromatic carbocycles. The molecule has 1 aliphatic rings. The highest BCUT2D eigenvalue weighted by Gasteiger charge is 2.26. The normalized spacial score (nSPS) is 14.9. The minimum absolute atomic E-state index is 0.0604. The second kappa shape index (κ2) is 9.36. The molecule has 3 rings (SSSR count). The van der Waals surface area contributed by atoms with Gasteiger partial charge in [0.15, 0.2) is 6.61 Å². The summed E-state index contributed by atoms with van der Waals surface area (Å²) >= 11 is 5.92. The first-order chi connectivity index (χ1) is 13.9. The summed E-state index contributed by atoms with van der Waals surface area (Å²) < 4.78 is 36.9. The number of hydrogen-bond acceptors (Lipinski definition) is 6. The first-order valence-corrected chi connectivity index (χ1v) is 10.6. The zero-order valence-corrected chi connectivity index (χ0v) is 16.9. The largest absolute Gasteiger partial charge is 0.452 e. The van der Waals surface area contributed by atoms with Crippen molar-refractivity contribution in [3.05, 3.63) is 59.1 Å². The van der Waals surface area contributed by atoms with Crippen molar-refractivity contribution in [1.29, 1.82) is 0 Å². The van der Waals surface area contributed by atoms with Crippen LogP contribution in [0.15, 0.2) is 53.4 Å². The van der Waals surface area contributed by atoms with Crippen LogP contribution in [0, 0.1) is 0 Å². The van der Waals surface area contributed by atoms with Crippen molar-refractivity contribution >= 4 is 39.2 Å². The maximum Gasteiger partial charge on any atom is 0.340 e. The number of sulfonamides is 1. The monoisotopic (exact) mass is 438 g/mol. The van der Waals surface area contributed by atoms with Gasteiger partial charge in [0.2, 0.25) is 10.0 Å². The molecule has 0 saturated carbocycles. The molecule has 0 bridgehead atoms. The Morgan fingerprint density at radius 2 is 1.83 bits per heavy atom. The Morgan fingerprint density at radius 1 is 1.10 bits per heavy atom. The number of halogens is 1. The van der Waals surface area contributed by atoms with Crippen LogP contribution in [0.5, 0.6) is 0 Å². The molecule has 0 radical (unpaired) electrons. The summed E-state index contributed by atoms with van der Waals surface area (Å²) in [5.41, 5.74) is 0.429. The van der Waals surface area contributed by atoms with E-state index in [9.17, 15) is 18.0 Å². The Hall–Kier alpha value is -2.46. The van der Waals surface area contributed by atoms with Crippen molar-refractivity contribution in [1.82, 2.24) is 4.31 Å². The number of benzene rings is 2. The molecule has 8 nitrogen and oxygen atoms in total. The van der Waals surface area contributed by atoms with Crippen molar-refractivity contribution in [2.75, 3.05) is 38.2 Å². The molecule has 1 saturated heterocycles. The highest BCUT2D eigenvalue weighted by Crippen LogP contribution is 2.21. The van der Waals surface area contributed by atoms with Crippen LogP contribution in [0.2, 0.25) is 5.02 Å². The average Bonchev–Trinajstić information content (AvgIpc) is 2.73. The van der Waals surface area contributed by atoms with E-state index in [1.807, 2.05) is 0 Å². The summed E-state index contributed by atoms with van der Waals surface area (Å²) in [6.45, 7) is 0.692. The Balaban J connectivity index is 1.62. The molecule has 0 atom stereocenters. The summed E-state index contributed by atoms with van der Waals surface area (Å²) in [5.74, 6) is -1.33. The highest BCUT2D eigenvalue weighted by atomic mass is 35.5. The molecule has 2 aromatic rings. The maximum absolute atomic E-state index is 12.7. The van der Waals surface area contributed by atoms with Gasteiger partial charge in [0, 0.05) is 18.8 Å². The third-order valence-corrected chi connectivity index (χ3v) is 6.38. The molecule has 1 amide bonds. The van der Waals surface area contributed by atoms with Gasteiger partial charge in [0.25, 0.3) is 5.91 Å². The van der Waals surface area contributed by atoms with Gasteiger partial charge in [-0.25, -0.2) is 13.2 Å². The van der Waals surface area contributed by atoms with Gasteiger partial charge in [0.1, 0.15) is 0 Å². The number of nitrogens with one attached hydrogen (secondary N) is 1. The molecule has 0 aromatic heterocycles. The van der Waals surface area contributed by atoms with Crippen molar-refractivity contribution in [2.24, 2.45) is 0 Å². The van der Waals surface area contributed by atoms with Gasteiger partial charge in [-0.3, -0.25) is 4.79 Å². The van der Waals surface area contributed by atoms with Gasteiger partial charge in [-0.2, -0.15) is 4.31 Å². The van der Waals surface area contributed by atoms with Gasteiger partial charge >= 0.3 is 5.97 Å². The van der Waals surface area contributed by atoms with Gasteiger partial charge in [-0.15, -0.1) is 0 Å². The van der Waals surface area contributed by atoms with Crippen LogP contribution in [0.25, 0.3) is 0 Å². The molecule has 0 unspecified atom stereocenters. The lowest BCUT2D eigenvalue weighted by atomic mass is 10.2. The number of rotatable bonds is 6. The number of nitrogens with zero attached hydrogens (tertiary/aromatic N) is 1. The predicted octanol–water partition coefficient (Wildman–Crippen LogP) is 2.16. The lowest BCUT2D eigenvalue weighted by Crippen LogP contribution is -2.40. The number of carbonyl (C=O) groups is 2. The molecule has 1 fully saturated rings. The van der Waals surface area contributed by atoms with E-state index in [4.69, 9.17) is 21.1 Å². The van der Waals surface area contributed by atoms with Gasteiger partial charge in [-0.1, -0.05) is 29.8 Å². The number of hydrogen-bond donors (Lipinski definition) is 1. The molecular weight excluding hydrogens is 420 g/mol. The topological polar surface area (TPSA) is 102 Å². The van der Waals surface area contributed by atoms with Crippen molar-refractivity contribution in [2.45, 2.75) is 4.90 Å². The molecule has 29 heavy (non-hydrogen) atoms. The Labute approximate surface area is 173 Å². The van der Waals surface area contributed by atoms with Crippen LogP contribution in [-0.4, -0.2) is 57.5 Å². The molecule has 1 aliphatic heterocycles. The quantitative estimate of drug-likeness (QED) is 0.693. The first kappa shape index (κ1) is 21.3. The Kier molecular flexibility index (Phi) is 6.86. The molecule has 0 aliphatic carbocycles. The number of amides is 1.